The van der Waals surface area contributed by atoms with Gasteiger partial charge in [-0.2, -0.15) is 0 Å². The highest BCUT2D eigenvalue weighted by atomic mass is 127. The molecule has 5 heterocycles. The SMILES string of the molecule is CCOC(=O)CCOC(=O)CC(=O)O[C@H]1[C@H](C)[C@H](O)[C@H](C)[C@@H](O)[C@@H](C)/C=C/C=C(/C)C(=O)Nc2c(O)c3c(O)c(C)c4c(c3c3c2=NC2(CCN(CC(C)I)CC2)N=3)C(=O)[C@@](C)(O/C=C/[C@H](OC)[C@H]1C)O4. The number of allylic oxidation sites excluding steroid dienone is 2. The number of aromatic hydroxyl groups is 2. The highest BCUT2D eigenvalue weighted by Crippen LogP contribution is 2.50. The molecule has 1 spiro atoms. The molecule has 19 nitrogen and oxygen atoms in total. The Kier molecular flexibility index (Phi) is 17.7. The minimum Gasteiger partial charge on any atom is -0.507 e. The Morgan fingerprint density at radius 2 is 1.61 bits per heavy atom. The van der Waals surface area contributed by atoms with Gasteiger partial charge < -0.3 is 59.1 Å². The number of aliphatic hydroxyl groups excluding tert-OH is 2. The van der Waals surface area contributed by atoms with Gasteiger partial charge in [-0.15, -0.1) is 0 Å². The molecular formula is C51H67IN4O15. The number of aliphatic hydroxyl groups is 2. The Hall–Kier alpha value is -5.16. The van der Waals surface area contributed by atoms with Crippen LogP contribution in [-0.4, -0.2) is 135 Å². The summed E-state index contributed by atoms with van der Waals surface area (Å²) in [5.74, 6) is -9.90. The second kappa shape index (κ2) is 22.7. The third kappa shape index (κ3) is 11.7. The zero-order valence-electron chi connectivity index (χ0n) is 41.9. The smallest absolute Gasteiger partial charge is 0.317 e. The number of alkyl halides is 1. The summed E-state index contributed by atoms with van der Waals surface area (Å²) in [7, 11) is 1.39. The third-order valence-corrected chi connectivity index (χ3v) is 14.3. The molecule has 1 unspecified atom stereocenters. The number of phenols is 2. The third-order valence-electron chi connectivity index (χ3n) is 13.9. The number of likely N-dealkylation sites (tertiary alicyclic amines) is 1. The average Bonchev–Trinajstić information content (AvgIpc) is 3.82. The maximum atomic E-state index is 14.9. The van der Waals surface area contributed by atoms with Crippen LogP contribution < -0.4 is 20.8 Å². The van der Waals surface area contributed by atoms with Crippen LogP contribution in [0.15, 0.2) is 46.1 Å². The van der Waals surface area contributed by atoms with Gasteiger partial charge >= 0.3 is 23.7 Å². The molecule has 0 radical (unpaired) electrons. The van der Waals surface area contributed by atoms with E-state index < -0.39 is 107 Å². The normalized spacial score (nSPS) is 29.9. The lowest BCUT2D eigenvalue weighted by molar-refractivity contribution is -0.167. The molecule has 1 amide bonds. The van der Waals surface area contributed by atoms with Gasteiger partial charge in [0.25, 0.3) is 11.7 Å². The van der Waals surface area contributed by atoms with Crippen LogP contribution in [0.3, 0.4) is 0 Å². The number of halogens is 1. The Morgan fingerprint density at radius 1 is 0.930 bits per heavy atom. The molecule has 71 heavy (non-hydrogen) atoms. The van der Waals surface area contributed by atoms with E-state index in [1.54, 1.807) is 53.7 Å². The number of hydrogen-bond donors (Lipinski definition) is 5. The maximum absolute atomic E-state index is 14.9. The predicted molar refractivity (Wildman–Crippen MR) is 268 cm³/mol. The molecule has 0 saturated carbocycles. The van der Waals surface area contributed by atoms with Gasteiger partial charge in [0.05, 0.1) is 53.9 Å². The first-order valence-electron chi connectivity index (χ1n) is 24.0. The lowest BCUT2D eigenvalue weighted by Crippen LogP contribution is -2.47. The maximum Gasteiger partial charge on any atom is 0.317 e. The Balaban J connectivity index is 1.44. The molecule has 10 atom stereocenters. The number of ether oxygens (including phenoxy) is 6. The van der Waals surface area contributed by atoms with Crippen LogP contribution in [-0.2, 0) is 42.9 Å². The molecule has 388 valence electrons. The standard InChI is InChI=1S/C51H67IN4O15/c1-11-67-33(57)16-21-68-34(58)23-35(59)70-46-28(5)32(66-10)15-22-69-50(9)48(64)38-36-37(44(62)31(8)47(38)71-50)45(63)41(40-39(36)54-51(55-40)17-19-56(20-18-51)24-27(4)52)53-49(65)26(3)14-12-13-25(2)42(60)29(6)43(61)30(46)7/h12-15,22,25,27-30,32,42-43,46,60-63H,11,16-21,23-24H2,1-10H3,(H,53,65)/b13-12+,22-15+,26-14-/t25-,27?,28+,29+,30+,32-,42-,43+,46+,50-/m0/s1. The molecule has 2 aromatic rings. The van der Waals surface area contributed by atoms with Gasteiger partial charge in [0.1, 0.15) is 41.7 Å². The van der Waals surface area contributed by atoms with Crippen molar-refractivity contribution in [3.63, 3.8) is 0 Å². The number of rotatable bonds is 10. The predicted octanol–water partition coefficient (Wildman–Crippen LogP) is 4.78. The van der Waals surface area contributed by atoms with Crippen molar-refractivity contribution in [2.45, 2.75) is 128 Å². The minimum atomic E-state index is -2.05. The molecule has 20 heteroatoms. The number of benzene rings is 2. The Labute approximate surface area is 426 Å². The molecule has 1 fully saturated rings. The van der Waals surface area contributed by atoms with Crippen LogP contribution in [0.1, 0.15) is 97.0 Å². The monoisotopic (exact) mass is 1100 g/mol. The number of amides is 1. The highest BCUT2D eigenvalue weighted by Gasteiger charge is 2.50. The van der Waals surface area contributed by atoms with E-state index in [1.165, 1.54) is 39.4 Å². The van der Waals surface area contributed by atoms with E-state index in [2.05, 4.69) is 39.7 Å². The highest BCUT2D eigenvalue weighted by molar-refractivity contribution is 14.1. The van der Waals surface area contributed by atoms with Crippen LogP contribution in [0.25, 0.3) is 10.8 Å². The van der Waals surface area contributed by atoms with Gasteiger partial charge in [-0.1, -0.05) is 75.4 Å². The van der Waals surface area contributed by atoms with Crippen molar-refractivity contribution in [2.24, 2.45) is 33.7 Å². The van der Waals surface area contributed by atoms with Crippen LogP contribution in [0.5, 0.6) is 17.2 Å². The van der Waals surface area contributed by atoms with E-state index in [0.717, 1.165) is 6.54 Å². The van der Waals surface area contributed by atoms with Crippen molar-refractivity contribution in [3.8, 4) is 17.2 Å². The zero-order valence-corrected chi connectivity index (χ0v) is 44.1. The van der Waals surface area contributed by atoms with E-state index >= 15 is 0 Å². The van der Waals surface area contributed by atoms with Crippen LogP contribution in [0, 0.1) is 30.6 Å². The number of ketones is 1. The number of nitrogens with one attached hydrogen (secondary N) is 1. The molecule has 7 rings (SSSR count). The fraction of sp³-hybridized carbons (Fsp3) is 0.588. The lowest BCUT2D eigenvalue weighted by atomic mass is 9.78. The molecular weight excluding hydrogens is 1040 g/mol. The first kappa shape index (κ1) is 55.2. The van der Waals surface area contributed by atoms with Crippen molar-refractivity contribution in [1.29, 1.82) is 0 Å². The number of Topliss-reactive ketones (excluding diaryl/α,β-unsaturated/α-hetero) is 1. The number of fused-ring (bicyclic) bond motifs is 13. The van der Waals surface area contributed by atoms with Crippen molar-refractivity contribution < 1.29 is 72.8 Å². The number of anilines is 1. The molecule has 0 aliphatic carbocycles. The summed E-state index contributed by atoms with van der Waals surface area (Å²) in [5.41, 5.74) is -0.807. The number of carbonyl (C=O) groups is 5. The van der Waals surface area contributed by atoms with Gasteiger partial charge in [0.15, 0.2) is 11.4 Å². The second-order valence-corrected chi connectivity index (χ2v) is 21.3. The van der Waals surface area contributed by atoms with Crippen molar-refractivity contribution in [1.82, 2.24) is 4.90 Å². The van der Waals surface area contributed by atoms with Gasteiger partial charge in [0, 0.05) is 90.6 Å². The first-order chi connectivity index (χ1) is 33.5. The molecule has 5 aliphatic heterocycles. The summed E-state index contributed by atoms with van der Waals surface area (Å²) in [5, 5.41) is 50.6. The number of phenolic OH excluding ortho intramolecular Hbond substituents is 2. The van der Waals surface area contributed by atoms with Gasteiger partial charge in [-0.25, -0.2) is 0 Å². The van der Waals surface area contributed by atoms with Crippen molar-refractivity contribution in [3.05, 3.63) is 58.0 Å². The quantitative estimate of drug-likeness (QED) is 0.0535. The number of carbonyl (C=O) groups excluding carboxylic acids is 5. The van der Waals surface area contributed by atoms with E-state index in [1.807, 2.05) is 0 Å². The van der Waals surface area contributed by atoms with Crippen molar-refractivity contribution >= 4 is 68.6 Å². The summed E-state index contributed by atoms with van der Waals surface area (Å²) in [6.07, 6.45) is 2.84. The summed E-state index contributed by atoms with van der Waals surface area (Å²) >= 11 is 2.38. The van der Waals surface area contributed by atoms with E-state index in [9.17, 15) is 44.4 Å². The second-order valence-electron chi connectivity index (χ2n) is 19.2. The van der Waals surface area contributed by atoms with Crippen molar-refractivity contribution in [2.75, 3.05) is 45.3 Å². The fourth-order valence-electron chi connectivity index (χ4n) is 9.69. The fourth-order valence-corrected chi connectivity index (χ4v) is 10.2. The van der Waals surface area contributed by atoms with Gasteiger partial charge in [0.2, 0.25) is 0 Å². The van der Waals surface area contributed by atoms with Crippen LogP contribution >= 0.6 is 22.6 Å². The summed E-state index contributed by atoms with van der Waals surface area (Å²) < 4.78 is 34.5. The number of piperidine rings is 1. The average molecular weight is 1100 g/mol. The summed E-state index contributed by atoms with van der Waals surface area (Å²) in [4.78, 5) is 79.3. The van der Waals surface area contributed by atoms with Crippen LogP contribution in [0.2, 0.25) is 0 Å². The van der Waals surface area contributed by atoms with Gasteiger partial charge in [-0.05, 0) is 26.8 Å². The van der Waals surface area contributed by atoms with E-state index in [0.29, 0.717) is 29.9 Å². The number of nitrogens with zero attached hydrogens (tertiary/aromatic N) is 3. The number of methoxy groups -OCH3 is 1. The summed E-state index contributed by atoms with van der Waals surface area (Å²) in [6, 6.07) is 0. The Bertz CT molecular complexity index is 2620. The molecule has 2 aromatic carbocycles. The van der Waals surface area contributed by atoms with Gasteiger partial charge in [-0.3, -0.25) is 34.0 Å². The molecule has 5 bridgehead atoms. The lowest BCUT2D eigenvalue weighted by Gasteiger charge is -2.38. The van der Waals surface area contributed by atoms with E-state index in [-0.39, 0.29) is 69.3 Å². The van der Waals surface area contributed by atoms with E-state index in [4.69, 9.17) is 38.4 Å². The zero-order chi connectivity index (χ0) is 52.3. The molecule has 1 saturated heterocycles. The number of esters is 3. The summed E-state index contributed by atoms with van der Waals surface area (Å²) in [6.45, 7) is 17.0. The molecule has 5 aliphatic rings. The van der Waals surface area contributed by atoms with Crippen LogP contribution in [0.4, 0.5) is 5.69 Å². The molecule has 0 aromatic heterocycles. The largest absolute Gasteiger partial charge is 0.507 e. The minimum absolute atomic E-state index is 0.0104. The number of hydrogen-bond acceptors (Lipinski definition) is 18. The first-order valence-corrected chi connectivity index (χ1v) is 25.3. The molecule has 5 N–H and O–H groups in total. The topological polar surface area (TPSA) is 262 Å². The Morgan fingerprint density at radius 3 is 2.25 bits per heavy atom.